The van der Waals surface area contributed by atoms with E-state index in [0.29, 0.717) is 4.99 Å². The topological polar surface area (TPSA) is 53.2 Å². The number of amides is 2. The molecule has 0 aliphatic carbocycles. The molecule has 11 heavy (non-hydrogen) atoms. The van der Waals surface area contributed by atoms with Crippen LogP contribution < -0.4 is 16.2 Å². The second kappa shape index (κ2) is 3.89. The SMILES string of the molecule is CCSC1NNC(=O)NC1=S. The van der Waals surface area contributed by atoms with Crippen LogP contribution in [-0.2, 0) is 0 Å². The zero-order valence-electron chi connectivity index (χ0n) is 6.01. The number of thiocarbonyl (C=S) groups is 1. The van der Waals surface area contributed by atoms with Crippen molar-refractivity contribution in [2.24, 2.45) is 0 Å². The Hall–Kier alpha value is -0.330. The lowest BCUT2D eigenvalue weighted by atomic mass is 10.6. The van der Waals surface area contributed by atoms with E-state index in [1.54, 1.807) is 11.8 Å². The minimum atomic E-state index is -0.289. The molecule has 1 unspecified atom stereocenters. The number of hydrogen-bond acceptors (Lipinski definition) is 4. The number of rotatable bonds is 2. The summed E-state index contributed by atoms with van der Waals surface area (Å²) in [5.41, 5.74) is 5.22. The minimum absolute atomic E-state index is 0.00713. The van der Waals surface area contributed by atoms with Crippen molar-refractivity contribution in [1.29, 1.82) is 0 Å². The van der Waals surface area contributed by atoms with E-state index in [2.05, 4.69) is 16.2 Å². The Balaban J connectivity index is 2.44. The van der Waals surface area contributed by atoms with Gasteiger partial charge >= 0.3 is 6.03 Å². The van der Waals surface area contributed by atoms with Crippen LogP contribution in [0, 0.1) is 0 Å². The molecule has 4 nitrogen and oxygen atoms in total. The quantitative estimate of drug-likeness (QED) is 0.546. The lowest BCUT2D eigenvalue weighted by molar-refractivity contribution is 0.239. The zero-order chi connectivity index (χ0) is 8.27. The highest BCUT2D eigenvalue weighted by Gasteiger charge is 2.21. The van der Waals surface area contributed by atoms with E-state index in [9.17, 15) is 4.79 Å². The molecule has 0 aromatic heterocycles. The summed E-state index contributed by atoms with van der Waals surface area (Å²) in [6.07, 6.45) is 0. The van der Waals surface area contributed by atoms with Gasteiger partial charge < -0.3 is 0 Å². The summed E-state index contributed by atoms with van der Waals surface area (Å²) in [6.45, 7) is 2.03. The number of thioether (sulfide) groups is 1. The van der Waals surface area contributed by atoms with Gasteiger partial charge in [0.2, 0.25) is 0 Å². The Bertz CT molecular complexity index is 185. The average Bonchev–Trinajstić information content (AvgIpc) is 1.95. The van der Waals surface area contributed by atoms with Crippen LogP contribution in [0.2, 0.25) is 0 Å². The van der Waals surface area contributed by atoms with Crippen molar-refractivity contribution < 1.29 is 4.79 Å². The van der Waals surface area contributed by atoms with Gasteiger partial charge in [-0.1, -0.05) is 19.1 Å². The Morgan fingerprint density at radius 1 is 1.73 bits per heavy atom. The van der Waals surface area contributed by atoms with Gasteiger partial charge in [-0.2, -0.15) is 0 Å². The number of carbonyl (C=O) groups is 1. The second-order valence-corrected chi connectivity index (χ2v) is 3.75. The van der Waals surface area contributed by atoms with Crippen LogP contribution in [0.5, 0.6) is 0 Å². The molecule has 0 radical (unpaired) electrons. The Morgan fingerprint density at radius 2 is 2.45 bits per heavy atom. The number of carbonyl (C=O) groups excluding carboxylic acids is 1. The van der Waals surface area contributed by atoms with Gasteiger partial charge in [0.25, 0.3) is 0 Å². The van der Waals surface area contributed by atoms with Gasteiger partial charge in [-0.25, -0.2) is 10.2 Å². The van der Waals surface area contributed by atoms with Crippen LogP contribution in [0.1, 0.15) is 6.92 Å². The highest BCUT2D eigenvalue weighted by molar-refractivity contribution is 8.01. The smallest absolute Gasteiger partial charge is 0.299 e. The van der Waals surface area contributed by atoms with E-state index in [1.807, 2.05) is 6.92 Å². The van der Waals surface area contributed by atoms with Gasteiger partial charge in [0.1, 0.15) is 10.4 Å². The van der Waals surface area contributed by atoms with Gasteiger partial charge in [-0.15, -0.1) is 11.8 Å². The molecule has 2 amide bonds. The third kappa shape index (κ3) is 2.32. The molecule has 1 heterocycles. The minimum Gasteiger partial charge on any atom is -0.299 e. The third-order valence-electron chi connectivity index (χ3n) is 1.12. The normalized spacial score (nSPS) is 24.3. The Labute approximate surface area is 74.5 Å². The summed E-state index contributed by atoms with van der Waals surface area (Å²) >= 11 is 6.55. The van der Waals surface area contributed by atoms with E-state index in [1.165, 1.54) is 0 Å². The van der Waals surface area contributed by atoms with Crippen molar-refractivity contribution in [2.75, 3.05) is 5.75 Å². The fourth-order valence-corrected chi connectivity index (χ4v) is 1.73. The van der Waals surface area contributed by atoms with Crippen LogP contribution in [0.25, 0.3) is 0 Å². The molecule has 0 spiro atoms. The first-order chi connectivity index (χ1) is 5.24. The van der Waals surface area contributed by atoms with Gasteiger partial charge in [0.15, 0.2) is 0 Å². The first-order valence-corrected chi connectivity index (χ1v) is 4.67. The lowest BCUT2D eigenvalue weighted by Gasteiger charge is -2.24. The van der Waals surface area contributed by atoms with E-state index in [0.717, 1.165) is 5.75 Å². The predicted molar refractivity (Wildman–Crippen MR) is 49.3 cm³/mol. The first kappa shape index (κ1) is 8.76. The maximum atomic E-state index is 10.6. The highest BCUT2D eigenvalue weighted by Crippen LogP contribution is 2.08. The average molecular weight is 191 g/mol. The van der Waals surface area contributed by atoms with E-state index < -0.39 is 0 Å². The number of hydrogen-bond donors (Lipinski definition) is 3. The number of nitrogens with one attached hydrogen (secondary N) is 3. The van der Waals surface area contributed by atoms with E-state index in [4.69, 9.17) is 12.2 Å². The van der Waals surface area contributed by atoms with Crippen LogP contribution in [-0.4, -0.2) is 22.1 Å². The lowest BCUT2D eigenvalue weighted by Crippen LogP contribution is -2.60. The molecule has 1 rings (SSSR count). The molecule has 6 heteroatoms. The van der Waals surface area contributed by atoms with Crippen LogP contribution in [0.15, 0.2) is 0 Å². The van der Waals surface area contributed by atoms with Crippen molar-refractivity contribution in [3.8, 4) is 0 Å². The molecule has 1 saturated heterocycles. The van der Waals surface area contributed by atoms with E-state index >= 15 is 0 Å². The molecule has 0 bridgehead atoms. The number of urea groups is 1. The van der Waals surface area contributed by atoms with Crippen molar-refractivity contribution in [2.45, 2.75) is 12.3 Å². The van der Waals surface area contributed by atoms with Crippen LogP contribution in [0.4, 0.5) is 4.79 Å². The maximum Gasteiger partial charge on any atom is 0.334 e. The molecular weight excluding hydrogens is 182 g/mol. The maximum absolute atomic E-state index is 10.6. The summed E-state index contributed by atoms with van der Waals surface area (Å²) in [4.78, 5) is 11.2. The van der Waals surface area contributed by atoms with Crippen molar-refractivity contribution in [3.63, 3.8) is 0 Å². The summed E-state index contributed by atoms with van der Waals surface area (Å²) in [5.74, 6) is 0.954. The first-order valence-electron chi connectivity index (χ1n) is 3.22. The largest absolute Gasteiger partial charge is 0.334 e. The zero-order valence-corrected chi connectivity index (χ0v) is 7.64. The summed E-state index contributed by atoms with van der Waals surface area (Å²) in [5, 5.41) is 2.52. The molecule has 3 N–H and O–H groups in total. The Morgan fingerprint density at radius 3 is 3.00 bits per heavy atom. The highest BCUT2D eigenvalue weighted by atomic mass is 32.2. The standard InChI is InChI=1S/C5H9N3OS2/c1-2-11-4-3(10)6-5(9)8-7-4/h4,7H,2H2,1H3,(H2,6,8,9,10). The molecule has 1 aliphatic rings. The predicted octanol–water partition coefficient (Wildman–Crippen LogP) is 0.210. The van der Waals surface area contributed by atoms with Crippen LogP contribution >= 0.6 is 24.0 Å². The van der Waals surface area contributed by atoms with Gasteiger partial charge in [-0.3, -0.25) is 10.7 Å². The van der Waals surface area contributed by atoms with E-state index in [-0.39, 0.29) is 11.4 Å². The monoisotopic (exact) mass is 191 g/mol. The fraction of sp³-hybridized carbons (Fsp3) is 0.600. The molecule has 1 aliphatic heterocycles. The third-order valence-corrected chi connectivity index (χ3v) is 2.63. The Kier molecular flexibility index (Phi) is 3.10. The number of hydrazine groups is 1. The van der Waals surface area contributed by atoms with Gasteiger partial charge in [-0.05, 0) is 5.75 Å². The molecule has 0 aromatic carbocycles. The second-order valence-electron chi connectivity index (χ2n) is 1.92. The van der Waals surface area contributed by atoms with Gasteiger partial charge in [0.05, 0.1) is 0 Å². The fourth-order valence-electron chi connectivity index (χ4n) is 0.689. The van der Waals surface area contributed by atoms with Gasteiger partial charge in [0, 0.05) is 0 Å². The molecule has 1 atom stereocenters. The van der Waals surface area contributed by atoms with Crippen LogP contribution in [0.3, 0.4) is 0 Å². The van der Waals surface area contributed by atoms with Crippen molar-refractivity contribution in [1.82, 2.24) is 16.2 Å². The molecule has 62 valence electrons. The molecule has 0 aromatic rings. The summed E-state index contributed by atoms with van der Waals surface area (Å²) < 4.78 is 0. The summed E-state index contributed by atoms with van der Waals surface area (Å²) in [6, 6.07) is -0.289. The van der Waals surface area contributed by atoms with Crippen molar-refractivity contribution in [3.05, 3.63) is 0 Å². The molecule has 1 fully saturated rings. The molecular formula is C5H9N3OS2. The summed E-state index contributed by atoms with van der Waals surface area (Å²) in [7, 11) is 0. The molecule has 0 saturated carbocycles. The van der Waals surface area contributed by atoms with Crippen molar-refractivity contribution >= 4 is 35.0 Å².